The molecule has 16 heavy (non-hydrogen) atoms. The Bertz CT molecular complexity index is 253. The van der Waals surface area contributed by atoms with Crippen molar-refractivity contribution in [1.82, 2.24) is 4.90 Å². The van der Waals surface area contributed by atoms with Crippen LogP contribution in [0.3, 0.4) is 0 Å². The average molecular weight is 227 g/mol. The molecule has 0 saturated carbocycles. The quantitative estimate of drug-likeness (QED) is 0.782. The van der Waals surface area contributed by atoms with E-state index in [1.54, 1.807) is 0 Å². The maximum atomic E-state index is 11.9. The highest BCUT2D eigenvalue weighted by atomic mass is 16.6. The molecule has 0 spiro atoms. The van der Waals surface area contributed by atoms with Gasteiger partial charge in [0.05, 0.1) is 12.7 Å². The summed E-state index contributed by atoms with van der Waals surface area (Å²) in [7, 11) is 0. The molecule has 2 rings (SSSR count). The van der Waals surface area contributed by atoms with Crippen molar-refractivity contribution in [2.24, 2.45) is 5.92 Å². The Morgan fingerprint density at radius 1 is 1.38 bits per heavy atom. The number of amides is 1. The van der Waals surface area contributed by atoms with Gasteiger partial charge in [-0.05, 0) is 31.6 Å². The summed E-state index contributed by atoms with van der Waals surface area (Å²) in [4.78, 5) is 13.7. The molecule has 0 aromatic carbocycles. The first-order chi connectivity index (χ1) is 7.58. The van der Waals surface area contributed by atoms with E-state index in [2.05, 4.69) is 0 Å². The van der Waals surface area contributed by atoms with Crippen LogP contribution in [0.2, 0.25) is 0 Å². The van der Waals surface area contributed by atoms with Gasteiger partial charge in [-0.2, -0.15) is 0 Å². The van der Waals surface area contributed by atoms with E-state index in [9.17, 15) is 9.90 Å². The lowest BCUT2D eigenvalue weighted by Gasteiger charge is -2.36. The van der Waals surface area contributed by atoms with E-state index >= 15 is 0 Å². The molecule has 92 valence electrons. The summed E-state index contributed by atoms with van der Waals surface area (Å²) in [6, 6.07) is 0.404. The fraction of sp³-hybridized carbons (Fsp3) is 0.917. The van der Waals surface area contributed by atoms with Crippen LogP contribution in [0, 0.1) is 5.92 Å². The van der Waals surface area contributed by atoms with Gasteiger partial charge in [-0.1, -0.05) is 13.8 Å². The number of hydrogen-bond acceptors (Lipinski definition) is 3. The molecule has 2 saturated heterocycles. The Hall–Kier alpha value is -0.770. The summed E-state index contributed by atoms with van der Waals surface area (Å²) in [6.45, 7) is 4.54. The first kappa shape index (κ1) is 11.7. The van der Waals surface area contributed by atoms with Crippen molar-refractivity contribution in [2.45, 2.75) is 57.7 Å². The highest BCUT2D eigenvalue weighted by Gasteiger charge is 2.43. The molecule has 4 nitrogen and oxygen atoms in total. The van der Waals surface area contributed by atoms with E-state index in [-0.39, 0.29) is 24.3 Å². The van der Waals surface area contributed by atoms with Gasteiger partial charge < -0.3 is 14.7 Å². The number of piperidine rings is 1. The first-order valence-electron chi connectivity index (χ1n) is 6.21. The van der Waals surface area contributed by atoms with Crippen LogP contribution in [-0.2, 0) is 4.74 Å². The Labute approximate surface area is 96.6 Å². The van der Waals surface area contributed by atoms with Crippen molar-refractivity contribution in [2.75, 3.05) is 6.61 Å². The van der Waals surface area contributed by atoms with E-state index in [4.69, 9.17) is 4.74 Å². The number of nitrogens with zero attached hydrogens (tertiary/aromatic N) is 1. The lowest BCUT2D eigenvalue weighted by atomic mass is 10.0. The molecular formula is C12H21NO3. The second-order valence-electron chi connectivity index (χ2n) is 5.39. The fourth-order valence-electron chi connectivity index (χ4n) is 2.76. The van der Waals surface area contributed by atoms with Crippen LogP contribution in [0.25, 0.3) is 0 Å². The number of aliphatic hydroxyl groups excluding tert-OH is 1. The monoisotopic (exact) mass is 227 g/mol. The third-order valence-corrected chi connectivity index (χ3v) is 3.46. The number of aliphatic hydroxyl groups is 1. The SMILES string of the molecule is CC(C)COC(=O)N1C2CC[C@H]1C[C@@H](O)C2. The molecule has 2 heterocycles. The third kappa shape index (κ3) is 2.32. The molecule has 0 aromatic rings. The zero-order valence-electron chi connectivity index (χ0n) is 10.1. The van der Waals surface area contributed by atoms with Crippen molar-refractivity contribution >= 4 is 6.09 Å². The highest BCUT2D eigenvalue weighted by molar-refractivity contribution is 5.69. The minimum absolute atomic E-state index is 0.187. The molecular weight excluding hydrogens is 206 g/mol. The Balaban J connectivity index is 1.92. The molecule has 0 aromatic heterocycles. The standard InChI is InChI=1S/C12H21NO3/c1-8(2)7-16-12(15)13-9-3-4-10(13)6-11(14)5-9/h8-11,14H,3-7H2,1-2H3/t9-,10?,11+/m0/s1. The van der Waals surface area contributed by atoms with Gasteiger partial charge >= 0.3 is 6.09 Å². The van der Waals surface area contributed by atoms with Crippen molar-refractivity contribution < 1.29 is 14.6 Å². The molecule has 2 bridgehead atoms. The summed E-state index contributed by atoms with van der Waals surface area (Å²) in [5, 5.41) is 9.63. The van der Waals surface area contributed by atoms with E-state index in [0.29, 0.717) is 25.4 Å². The van der Waals surface area contributed by atoms with Gasteiger partial charge in [0.2, 0.25) is 0 Å². The summed E-state index contributed by atoms with van der Waals surface area (Å²) < 4.78 is 5.26. The van der Waals surface area contributed by atoms with E-state index in [1.807, 2.05) is 18.7 Å². The van der Waals surface area contributed by atoms with Crippen molar-refractivity contribution in [1.29, 1.82) is 0 Å². The summed E-state index contributed by atoms with van der Waals surface area (Å²) in [6.07, 6.45) is 3.04. The number of carbonyl (C=O) groups is 1. The van der Waals surface area contributed by atoms with E-state index in [0.717, 1.165) is 12.8 Å². The van der Waals surface area contributed by atoms with E-state index in [1.165, 1.54) is 0 Å². The second-order valence-corrected chi connectivity index (χ2v) is 5.39. The Kier molecular flexibility index (Phi) is 3.38. The molecule has 3 atom stereocenters. The van der Waals surface area contributed by atoms with Gasteiger partial charge in [0, 0.05) is 12.1 Å². The molecule has 2 aliphatic heterocycles. The minimum atomic E-state index is -0.230. The zero-order valence-corrected chi connectivity index (χ0v) is 10.1. The van der Waals surface area contributed by atoms with Crippen molar-refractivity contribution in [3.05, 3.63) is 0 Å². The third-order valence-electron chi connectivity index (χ3n) is 3.46. The van der Waals surface area contributed by atoms with Gasteiger partial charge in [0.1, 0.15) is 0 Å². The predicted molar refractivity (Wildman–Crippen MR) is 60.1 cm³/mol. The van der Waals surface area contributed by atoms with Crippen LogP contribution < -0.4 is 0 Å². The number of rotatable bonds is 2. The molecule has 1 unspecified atom stereocenters. The van der Waals surface area contributed by atoms with Crippen LogP contribution in [0.15, 0.2) is 0 Å². The van der Waals surface area contributed by atoms with Gasteiger partial charge in [-0.25, -0.2) is 4.79 Å². The minimum Gasteiger partial charge on any atom is -0.449 e. The second kappa shape index (κ2) is 4.62. The molecule has 2 fully saturated rings. The van der Waals surface area contributed by atoms with Crippen LogP contribution in [-0.4, -0.2) is 40.9 Å². The number of carbonyl (C=O) groups excluding carboxylic acids is 1. The maximum Gasteiger partial charge on any atom is 0.410 e. The molecule has 1 amide bonds. The van der Waals surface area contributed by atoms with Gasteiger partial charge in [-0.3, -0.25) is 0 Å². The molecule has 0 aliphatic carbocycles. The van der Waals surface area contributed by atoms with Gasteiger partial charge in [-0.15, -0.1) is 0 Å². The summed E-state index contributed by atoms with van der Waals surface area (Å²) in [5.74, 6) is 0.372. The maximum absolute atomic E-state index is 11.9. The number of hydrogen-bond donors (Lipinski definition) is 1. The summed E-state index contributed by atoms with van der Waals surface area (Å²) in [5.41, 5.74) is 0. The molecule has 0 radical (unpaired) electrons. The average Bonchev–Trinajstić information content (AvgIpc) is 2.48. The van der Waals surface area contributed by atoms with Crippen LogP contribution >= 0.6 is 0 Å². The Morgan fingerprint density at radius 2 is 1.94 bits per heavy atom. The highest BCUT2D eigenvalue weighted by Crippen LogP contribution is 2.36. The summed E-state index contributed by atoms with van der Waals surface area (Å²) >= 11 is 0. The van der Waals surface area contributed by atoms with E-state index < -0.39 is 0 Å². The van der Waals surface area contributed by atoms with Crippen molar-refractivity contribution in [3.63, 3.8) is 0 Å². The normalized spacial score (nSPS) is 33.2. The Morgan fingerprint density at radius 3 is 2.44 bits per heavy atom. The van der Waals surface area contributed by atoms with Crippen LogP contribution in [0.5, 0.6) is 0 Å². The molecule has 2 aliphatic rings. The lowest BCUT2D eigenvalue weighted by molar-refractivity contribution is 0.0213. The largest absolute Gasteiger partial charge is 0.449 e. The topological polar surface area (TPSA) is 49.8 Å². The smallest absolute Gasteiger partial charge is 0.410 e. The first-order valence-corrected chi connectivity index (χ1v) is 6.21. The number of ether oxygens (including phenoxy) is 1. The molecule has 1 N–H and O–H groups in total. The van der Waals surface area contributed by atoms with Gasteiger partial charge in [0.25, 0.3) is 0 Å². The lowest BCUT2D eigenvalue weighted by Crippen LogP contribution is -2.48. The molecule has 4 heteroatoms. The number of fused-ring (bicyclic) bond motifs is 2. The van der Waals surface area contributed by atoms with Crippen LogP contribution in [0.1, 0.15) is 39.5 Å². The van der Waals surface area contributed by atoms with Crippen molar-refractivity contribution in [3.8, 4) is 0 Å². The van der Waals surface area contributed by atoms with Gasteiger partial charge in [0.15, 0.2) is 0 Å². The zero-order chi connectivity index (χ0) is 11.7. The fourth-order valence-corrected chi connectivity index (χ4v) is 2.76. The predicted octanol–water partition coefficient (Wildman–Crippen LogP) is 1.77. The van der Waals surface area contributed by atoms with Crippen LogP contribution in [0.4, 0.5) is 4.79 Å².